The highest BCUT2D eigenvalue weighted by molar-refractivity contribution is 5.94. The molecule has 0 atom stereocenters. The smallest absolute Gasteiger partial charge is 0.251 e. The fourth-order valence-corrected chi connectivity index (χ4v) is 3.72. The van der Waals surface area contributed by atoms with E-state index in [9.17, 15) is 13.6 Å². The number of hydrogen-bond donors (Lipinski definition) is 2. The van der Waals surface area contributed by atoms with Crippen LogP contribution in [0.4, 0.5) is 8.78 Å². The maximum Gasteiger partial charge on any atom is 0.251 e. The zero-order valence-corrected chi connectivity index (χ0v) is 14.0. The molecular formula is C20H22F2N2O. The van der Waals surface area contributed by atoms with Crippen molar-refractivity contribution < 1.29 is 13.6 Å². The quantitative estimate of drug-likeness (QED) is 0.870. The van der Waals surface area contributed by atoms with E-state index < -0.39 is 17.0 Å². The maximum atomic E-state index is 14.3. The Morgan fingerprint density at radius 2 is 1.64 bits per heavy atom. The summed E-state index contributed by atoms with van der Waals surface area (Å²) in [6, 6.07) is 11.0. The Hall–Kier alpha value is -2.27. The Morgan fingerprint density at radius 3 is 2.20 bits per heavy atom. The van der Waals surface area contributed by atoms with E-state index in [1.807, 2.05) is 0 Å². The van der Waals surface area contributed by atoms with Crippen LogP contribution >= 0.6 is 0 Å². The first kappa shape index (κ1) is 17.5. The molecule has 0 heterocycles. The molecule has 1 aliphatic carbocycles. The van der Waals surface area contributed by atoms with Gasteiger partial charge in [-0.25, -0.2) is 8.78 Å². The van der Waals surface area contributed by atoms with Crippen molar-refractivity contribution in [2.75, 3.05) is 6.54 Å². The van der Waals surface area contributed by atoms with Crippen molar-refractivity contribution in [3.8, 4) is 0 Å². The average molecular weight is 344 g/mol. The van der Waals surface area contributed by atoms with Crippen molar-refractivity contribution in [3.63, 3.8) is 0 Å². The molecule has 0 bridgehead atoms. The van der Waals surface area contributed by atoms with Crippen LogP contribution in [0.25, 0.3) is 0 Å². The molecule has 2 aromatic carbocycles. The fourth-order valence-electron chi connectivity index (χ4n) is 3.72. The third-order valence-electron chi connectivity index (χ3n) is 5.09. The third kappa shape index (κ3) is 3.56. The van der Waals surface area contributed by atoms with Gasteiger partial charge in [-0.3, -0.25) is 4.79 Å². The Labute approximate surface area is 146 Å². The number of halogens is 2. The first-order valence-electron chi connectivity index (χ1n) is 8.57. The lowest BCUT2D eigenvalue weighted by Crippen LogP contribution is -2.40. The second-order valence-corrected chi connectivity index (χ2v) is 6.67. The van der Waals surface area contributed by atoms with Crippen LogP contribution in [0.1, 0.15) is 47.2 Å². The lowest BCUT2D eigenvalue weighted by molar-refractivity contribution is 0.0942. The summed E-state index contributed by atoms with van der Waals surface area (Å²) in [6.45, 7) is 0.639. The van der Waals surface area contributed by atoms with Crippen LogP contribution in [0.2, 0.25) is 0 Å². The van der Waals surface area contributed by atoms with Crippen LogP contribution in [0.3, 0.4) is 0 Å². The Kier molecular flexibility index (Phi) is 5.13. The molecule has 0 aliphatic heterocycles. The van der Waals surface area contributed by atoms with E-state index in [1.54, 1.807) is 24.3 Å². The van der Waals surface area contributed by atoms with Crippen molar-refractivity contribution in [2.45, 2.75) is 37.6 Å². The second-order valence-electron chi connectivity index (χ2n) is 6.67. The van der Waals surface area contributed by atoms with Crippen LogP contribution in [0.15, 0.2) is 42.5 Å². The molecule has 0 radical (unpaired) electrons. The van der Waals surface area contributed by atoms with Crippen LogP contribution in [0, 0.1) is 11.6 Å². The SMILES string of the molecule is NCc1ccc(C(=O)NCC2(c3c(F)cccc3F)CCCC2)cc1. The van der Waals surface area contributed by atoms with E-state index in [-0.39, 0.29) is 18.0 Å². The van der Waals surface area contributed by atoms with E-state index in [1.165, 1.54) is 18.2 Å². The van der Waals surface area contributed by atoms with Crippen LogP contribution < -0.4 is 11.1 Å². The molecule has 2 aromatic rings. The highest BCUT2D eigenvalue weighted by Gasteiger charge is 2.40. The minimum atomic E-state index is -0.678. The summed E-state index contributed by atoms with van der Waals surface area (Å²) in [6.07, 6.45) is 3.12. The summed E-state index contributed by atoms with van der Waals surface area (Å²) in [5.41, 5.74) is 6.44. The van der Waals surface area contributed by atoms with E-state index in [0.29, 0.717) is 24.9 Å². The molecule has 25 heavy (non-hydrogen) atoms. The predicted molar refractivity (Wildman–Crippen MR) is 93.2 cm³/mol. The number of nitrogens with two attached hydrogens (primary N) is 1. The number of nitrogens with one attached hydrogen (secondary N) is 1. The van der Waals surface area contributed by atoms with E-state index in [2.05, 4.69) is 5.32 Å². The van der Waals surface area contributed by atoms with Gasteiger partial charge in [0.15, 0.2) is 0 Å². The van der Waals surface area contributed by atoms with Crippen molar-refractivity contribution in [3.05, 3.63) is 70.8 Å². The number of benzene rings is 2. The predicted octanol–water partition coefficient (Wildman–Crippen LogP) is 3.67. The molecule has 0 aromatic heterocycles. The largest absolute Gasteiger partial charge is 0.351 e. The van der Waals surface area contributed by atoms with Gasteiger partial charge in [0.1, 0.15) is 11.6 Å². The molecule has 1 aliphatic rings. The summed E-state index contributed by atoms with van der Waals surface area (Å²) in [5, 5.41) is 2.87. The van der Waals surface area contributed by atoms with E-state index in [4.69, 9.17) is 5.73 Å². The molecule has 0 unspecified atom stereocenters. The molecule has 1 fully saturated rings. The summed E-state index contributed by atoms with van der Waals surface area (Å²) < 4.78 is 28.6. The van der Waals surface area contributed by atoms with Gasteiger partial charge in [0.05, 0.1) is 0 Å². The Bertz CT molecular complexity index is 733. The molecule has 0 spiro atoms. The zero-order valence-electron chi connectivity index (χ0n) is 14.0. The van der Waals surface area contributed by atoms with Crippen molar-refractivity contribution >= 4 is 5.91 Å². The van der Waals surface area contributed by atoms with Crippen LogP contribution in [0.5, 0.6) is 0 Å². The number of amides is 1. The molecule has 3 N–H and O–H groups in total. The lowest BCUT2D eigenvalue weighted by atomic mass is 9.78. The number of carbonyl (C=O) groups excluding carboxylic acids is 1. The lowest BCUT2D eigenvalue weighted by Gasteiger charge is -2.30. The van der Waals surface area contributed by atoms with E-state index >= 15 is 0 Å². The van der Waals surface area contributed by atoms with Crippen LogP contribution in [-0.2, 0) is 12.0 Å². The Morgan fingerprint density at radius 1 is 1.04 bits per heavy atom. The Balaban J connectivity index is 1.79. The average Bonchev–Trinajstić information content (AvgIpc) is 3.09. The van der Waals surface area contributed by atoms with Gasteiger partial charge in [0.2, 0.25) is 0 Å². The minimum absolute atomic E-state index is 0.103. The second kappa shape index (κ2) is 7.31. The minimum Gasteiger partial charge on any atom is -0.351 e. The number of rotatable bonds is 5. The molecule has 1 saturated carbocycles. The fraction of sp³-hybridized carbons (Fsp3) is 0.350. The summed E-state index contributed by atoms with van der Waals surface area (Å²) in [7, 11) is 0. The normalized spacial score (nSPS) is 16.0. The summed E-state index contributed by atoms with van der Waals surface area (Å²) in [4.78, 5) is 12.4. The molecule has 1 amide bonds. The van der Waals surface area contributed by atoms with Gasteiger partial charge in [-0.15, -0.1) is 0 Å². The van der Waals surface area contributed by atoms with Gasteiger partial charge in [-0.2, -0.15) is 0 Å². The van der Waals surface area contributed by atoms with Gasteiger partial charge in [0.25, 0.3) is 5.91 Å². The van der Waals surface area contributed by atoms with Gasteiger partial charge >= 0.3 is 0 Å². The van der Waals surface area contributed by atoms with Crippen molar-refractivity contribution in [1.82, 2.24) is 5.32 Å². The zero-order chi connectivity index (χ0) is 17.9. The monoisotopic (exact) mass is 344 g/mol. The van der Waals surface area contributed by atoms with Crippen LogP contribution in [-0.4, -0.2) is 12.5 Å². The molecule has 3 nitrogen and oxygen atoms in total. The van der Waals surface area contributed by atoms with Gasteiger partial charge in [-0.05, 0) is 42.7 Å². The van der Waals surface area contributed by atoms with Gasteiger partial charge < -0.3 is 11.1 Å². The topological polar surface area (TPSA) is 55.1 Å². The number of hydrogen-bond acceptors (Lipinski definition) is 2. The summed E-state index contributed by atoms with van der Waals surface area (Å²) >= 11 is 0. The maximum absolute atomic E-state index is 14.3. The molecule has 3 rings (SSSR count). The van der Waals surface area contributed by atoms with Crippen molar-refractivity contribution in [1.29, 1.82) is 0 Å². The highest BCUT2D eigenvalue weighted by Crippen LogP contribution is 2.42. The van der Waals surface area contributed by atoms with Crippen molar-refractivity contribution in [2.24, 2.45) is 5.73 Å². The summed E-state index contributed by atoms with van der Waals surface area (Å²) in [5.74, 6) is -1.32. The van der Waals surface area contributed by atoms with Gasteiger partial charge in [-0.1, -0.05) is 31.0 Å². The molecule has 0 saturated heterocycles. The number of carbonyl (C=O) groups is 1. The third-order valence-corrected chi connectivity index (χ3v) is 5.09. The molecular weight excluding hydrogens is 322 g/mol. The molecule has 5 heteroatoms. The van der Waals surface area contributed by atoms with Gasteiger partial charge in [0, 0.05) is 29.6 Å². The van der Waals surface area contributed by atoms with E-state index in [0.717, 1.165) is 18.4 Å². The first-order chi connectivity index (χ1) is 12.1. The standard InChI is InChI=1S/C20H22F2N2O/c21-16-4-3-5-17(22)18(16)20(10-1-2-11-20)13-24-19(25)15-8-6-14(12-23)7-9-15/h3-9H,1-2,10-13,23H2,(H,24,25). The highest BCUT2D eigenvalue weighted by atomic mass is 19.1. The molecule has 132 valence electrons. The first-order valence-corrected chi connectivity index (χ1v) is 8.57.